The van der Waals surface area contributed by atoms with Gasteiger partial charge in [-0.3, -0.25) is 5.10 Å². The second-order valence-corrected chi connectivity index (χ2v) is 6.75. The van der Waals surface area contributed by atoms with Crippen LogP contribution in [0, 0.1) is 0 Å². The average Bonchev–Trinajstić information content (AvgIpc) is 3.15. The Balaban J connectivity index is 1.44. The van der Waals surface area contributed by atoms with Gasteiger partial charge in [0, 0.05) is 35.5 Å². The maximum absolute atomic E-state index is 12.5. The summed E-state index contributed by atoms with van der Waals surface area (Å²) >= 11 is 0. The number of anilines is 1. The van der Waals surface area contributed by atoms with Gasteiger partial charge in [0.25, 0.3) is 0 Å². The molecule has 1 aliphatic carbocycles. The van der Waals surface area contributed by atoms with Gasteiger partial charge >= 0.3 is 6.03 Å². The molecule has 2 heterocycles. The molecule has 0 atom stereocenters. The molecule has 6 heteroatoms. The highest BCUT2D eigenvalue weighted by Gasteiger charge is 2.18. The van der Waals surface area contributed by atoms with Crippen LogP contribution in [0.15, 0.2) is 30.5 Å². The summed E-state index contributed by atoms with van der Waals surface area (Å²) in [6.45, 7) is 0.518. The molecule has 4 rings (SSSR count). The first-order valence-corrected chi connectivity index (χ1v) is 8.85. The monoisotopic (exact) mass is 337 g/mol. The number of nitrogens with one attached hydrogen (secondary N) is 3. The first-order valence-electron chi connectivity index (χ1n) is 8.85. The van der Waals surface area contributed by atoms with Crippen molar-refractivity contribution in [3.8, 4) is 0 Å². The summed E-state index contributed by atoms with van der Waals surface area (Å²) in [6.07, 6.45) is 7.69. The van der Waals surface area contributed by atoms with Gasteiger partial charge in [-0.05, 0) is 55.5 Å². The van der Waals surface area contributed by atoms with Crippen molar-refractivity contribution in [3.63, 3.8) is 0 Å². The van der Waals surface area contributed by atoms with Crippen LogP contribution >= 0.6 is 0 Å². The SMILES string of the molecule is CN(Cc1n[nH]c2c1CCCCC2)C(=O)Nc1ccc2[nH]ccc2c1. The average molecular weight is 337 g/mol. The Hall–Kier alpha value is -2.76. The van der Waals surface area contributed by atoms with E-state index < -0.39 is 0 Å². The molecule has 0 aliphatic heterocycles. The number of carbonyl (C=O) groups is 1. The molecule has 25 heavy (non-hydrogen) atoms. The molecule has 6 nitrogen and oxygen atoms in total. The third-order valence-electron chi connectivity index (χ3n) is 4.93. The molecule has 2 amide bonds. The lowest BCUT2D eigenvalue weighted by Gasteiger charge is -2.17. The molecular weight excluding hydrogens is 314 g/mol. The third kappa shape index (κ3) is 3.24. The molecule has 2 aromatic heterocycles. The van der Waals surface area contributed by atoms with Gasteiger partial charge in [0.1, 0.15) is 0 Å². The zero-order valence-corrected chi connectivity index (χ0v) is 14.4. The number of H-pyrrole nitrogens is 2. The minimum absolute atomic E-state index is 0.125. The summed E-state index contributed by atoms with van der Waals surface area (Å²) in [5.74, 6) is 0. The van der Waals surface area contributed by atoms with Crippen LogP contribution in [0.4, 0.5) is 10.5 Å². The highest BCUT2D eigenvalue weighted by molar-refractivity contribution is 5.92. The van der Waals surface area contributed by atoms with E-state index in [0.717, 1.165) is 35.1 Å². The Morgan fingerprint density at radius 2 is 2.12 bits per heavy atom. The van der Waals surface area contributed by atoms with Gasteiger partial charge in [0.05, 0.1) is 12.2 Å². The fourth-order valence-corrected chi connectivity index (χ4v) is 3.50. The predicted octanol–water partition coefficient (Wildman–Crippen LogP) is 3.82. The van der Waals surface area contributed by atoms with Crippen LogP contribution in [-0.4, -0.2) is 33.2 Å². The normalized spacial score (nSPS) is 14.1. The Morgan fingerprint density at radius 3 is 3.04 bits per heavy atom. The first-order chi connectivity index (χ1) is 12.2. The molecule has 0 fully saturated rings. The molecule has 1 aromatic carbocycles. The number of hydrogen-bond acceptors (Lipinski definition) is 2. The first kappa shape index (κ1) is 15.7. The molecular formula is C19H23N5O. The second kappa shape index (κ2) is 6.63. The molecule has 0 saturated heterocycles. The number of aromatic amines is 2. The van der Waals surface area contributed by atoms with E-state index in [9.17, 15) is 4.79 Å². The lowest BCUT2D eigenvalue weighted by molar-refractivity contribution is 0.220. The van der Waals surface area contributed by atoms with E-state index in [2.05, 4.69) is 20.5 Å². The number of nitrogens with zero attached hydrogens (tertiary/aromatic N) is 2. The lowest BCUT2D eigenvalue weighted by Crippen LogP contribution is -2.31. The topological polar surface area (TPSA) is 76.8 Å². The predicted molar refractivity (Wildman–Crippen MR) is 98.6 cm³/mol. The highest BCUT2D eigenvalue weighted by atomic mass is 16.2. The van der Waals surface area contributed by atoms with Crippen LogP contribution in [0.3, 0.4) is 0 Å². The van der Waals surface area contributed by atoms with Crippen molar-refractivity contribution in [3.05, 3.63) is 47.4 Å². The number of aryl methyl sites for hydroxylation is 1. The van der Waals surface area contributed by atoms with Gasteiger partial charge < -0.3 is 15.2 Å². The Bertz CT molecular complexity index is 894. The maximum Gasteiger partial charge on any atom is 0.321 e. The van der Waals surface area contributed by atoms with Gasteiger partial charge in [0.2, 0.25) is 0 Å². The van der Waals surface area contributed by atoms with Crippen LogP contribution in [0.2, 0.25) is 0 Å². The van der Waals surface area contributed by atoms with Crippen LogP contribution < -0.4 is 5.32 Å². The van der Waals surface area contributed by atoms with E-state index in [1.165, 1.54) is 30.5 Å². The van der Waals surface area contributed by atoms with Crippen molar-refractivity contribution in [1.82, 2.24) is 20.1 Å². The van der Waals surface area contributed by atoms with Crippen LogP contribution in [0.5, 0.6) is 0 Å². The highest BCUT2D eigenvalue weighted by Crippen LogP contribution is 2.23. The summed E-state index contributed by atoms with van der Waals surface area (Å²) in [7, 11) is 1.81. The van der Waals surface area contributed by atoms with E-state index in [1.54, 1.807) is 4.90 Å². The van der Waals surface area contributed by atoms with Crippen molar-refractivity contribution in [1.29, 1.82) is 0 Å². The van der Waals surface area contributed by atoms with Crippen LogP contribution in [-0.2, 0) is 19.4 Å². The van der Waals surface area contributed by atoms with Crippen molar-refractivity contribution < 1.29 is 4.79 Å². The van der Waals surface area contributed by atoms with Gasteiger partial charge in [0.15, 0.2) is 0 Å². The summed E-state index contributed by atoms with van der Waals surface area (Å²) in [6, 6.07) is 7.72. The summed E-state index contributed by atoms with van der Waals surface area (Å²) < 4.78 is 0. The molecule has 0 spiro atoms. The molecule has 0 bridgehead atoms. The van der Waals surface area contributed by atoms with E-state index in [-0.39, 0.29) is 6.03 Å². The number of benzene rings is 1. The molecule has 1 aliphatic rings. The van der Waals surface area contributed by atoms with Crippen molar-refractivity contribution in [2.24, 2.45) is 0 Å². The lowest BCUT2D eigenvalue weighted by atomic mass is 10.1. The maximum atomic E-state index is 12.5. The van der Waals surface area contributed by atoms with Crippen molar-refractivity contribution in [2.45, 2.75) is 38.6 Å². The van der Waals surface area contributed by atoms with Crippen molar-refractivity contribution in [2.75, 3.05) is 12.4 Å². The Morgan fingerprint density at radius 1 is 1.24 bits per heavy atom. The minimum atomic E-state index is -0.125. The summed E-state index contributed by atoms with van der Waals surface area (Å²) in [5.41, 5.74) is 5.41. The van der Waals surface area contributed by atoms with Gasteiger partial charge in [-0.1, -0.05) is 6.42 Å². The Kier molecular flexibility index (Phi) is 4.17. The zero-order valence-electron chi connectivity index (χ0n) is 14.4. The standard InChI is InChI=1S/C19H23N5O/c1-24(12-18-15-5-3-2-4-6-17(15)22-23-18)19(25)21-14-7-8-16-13(11-14)9-10-20-16/h7-11,20H,2-6,12H2,1H3,(H,21,25)(H,22,23). The number of urea groups is 1. The molecule has 130 valence electrons. The number of fused-ring (bicyclic) bond motifs is 2. The molecule has 0 unspecified atom stereocenters. The fraction of sp³-hybridized carbons (Fsp3) is 0.368. The number of rotatable bonds is 3. The molecule has 0 saturated carbocycles. The van der Waals surface area contributed by atoms with Gasteiger partial charge in [-0.2, -0.15) is 5.10 Å². The second-order valence-electron chi connectivity index (χ2n) is 6.75. The van der Waals surface area contributed by atoms with Gasteiger partial charge in [-0.25, -0.2) is 4.79 Å². The van der Waals surface area contributed by atoms with E-state index in [1.807, 2.05) is 37.5 Å². The van der Waals surface area contributed by atoms with Crippen LogP contribution in [0.25, 0.3) is 10.9 Å². The summed E-state index contributed by atoms with van der Waals surface area (Å²) in [5, 5.41) is 11.7. The van der Waals surface area contributed by atoms with Crippen LogP contribution in [0.1, 0.15) is 36.2 Å². The smallest absolute Gasteiger partial charge is 0.321 e. The third-order valence-corrected chi connectivity index (χ3v) is 4.93. The number of hydrogen-bond donors (Lipinski definition) is 3. The number of amides is 2. The fourth-order valence-electron chi connectivity index (χ4n) is 3.50. The zero-order chi connectivity index (χ0) is 17.2. The quantitative estimate of drug-likeness (QED) is 0.635. The minimum Gasteiger partial charge on any atom is -0.361 e. The van der Waals surface area contributed by atoms with E-state index in [4.69, 9.17) is 0 Å². The molecule has 3 aromatic rings. The molecule has 3 N–H and O–H groups in total. The largest absolute Gasteiger partial charge is 0.361 e. The van der Waals surface area contributed by atoms with Crippen molar-refractivity contribution >= 4 is 22.6 Å². The van der Waals surface area contributed by atoms with Gasteiger partial charge in [-0.15, -0.1) is 0 Å². The van der Waals surface area contributed by atoms with E-state index >= 15 is 0 Å². The Labute approximate surface area is 146 Å². The number of carbonyl (C=O) groups excluding carboxylic acids is 1. The number of aromatic nitrogens is 3. The van der Waals surface area contributed by atoms with E-state index in [0.29, 0.717) is 6.54 Å². The summed E-state index contributed by atoms with van der Waals surface area (Å²) in [4.78, 5) is 17.4. The molecule has 0 radical (unpaired) electrons.